The van der Waals surface area contributed by atoms with E-state index in [1.165, 1.54) is 27.8 Å². The Morgan fingerprint density at radius 1 is 1.00 bits per heavy atom. The molecule has 3 aromatic carbocycles. The number of esters is 1. The molecule has 2 fully saturated rings. The van der Waals surface area contributed by atoms with Crippen LogP contribution in [0.4, 0.5) is 5.69 Å². The second-order valence-corrected chi connectivity index (χ2v) is 15.9. The molecule has 14 heteroatoms. The van der Waals surface area contributed by atoms with Crippen LogP contribution in [0.25, 0.3) is 0 Å². The van der Waals surface area contributed by atoms with Crippen LogP contribution in [0, 0.1) is 6.92 Å². The highest BCUT2D eigenvalue weighted by Crippen LogP contribution is 2.52. The normalized spacial score (nSPS) is 23.7. The van der Waals surface area contributed by atoms with E-state index in [1.807, 2.05) is 51.1 Å². The monoisotopic (exact) mass is 741 g/mol. The zero-order valence-electron chi connectivity index (χ0n) is 30.3. The number of ether oxygens (including phenoxy) is 3. The number of nitrogens with one attached hydrogen (secondary N) is 3. The minimum Gasteiger partial charge on any atom is -0.497 e. The molecular weight excluding hydrogens is 699 g/mol. The van der Waals surface area contributed by atoms with Crippen molar-refractivity contribution in [1.29, 1.82) is 0 Å². The maximum Gasteiger partial charge on any atom is 0.330 e. The predicted molar refractivity (Wildman–Crippen MR) is 199 cm³/mol. The molecule has 7 rings (SSSR count). The van der Waals surface area contributed by atoms with Crippen molar-refractivity contribution >= 4 is 46.9 Å². The Kier molecular flexibility index (Phi) is 9.99. The first kappa shape index (κ1) is 36.1. The third-order valence-electron chi connectivity index (χ3n) is 10.0. The Morgan fingerprint density at radius 3 is 2.53 bits per heavy atom. The summed E-state index contributed by atoms with van der Waals surface area (Å²) in [5, 5.41) is 13.2. The third kappa shape index (κ3) is 7.11. The average Bonchev–Trinajstić information content (AvgIpc) is 3.63. The molecule has 0 saturated carbocycles. The molecule has 0 radical (unpaired) electrons. The number of carbonyl (C=O) groups excluding carboxylic acids is 4. The molecule has 1 aliphatic carbocycles. The summed E-state index contributed by atoms with van der Waals surface area (Å²) in [7, 11) is 1.58. The summed E-state index contributed by atoms with van der Waals surface area (Å²) in [6.07, 6.45) is 0.576. The number of amides is 3. The number of oxime groups is 1. The van der Waals surface area contributed by atoms with Gasteiger partial charge in [-0.1, -0.05) is 41.1 Å². The number of nitrogens with zero attached hydrogens (tertiary/aromatic N) is 2. The zero-order chi connectivity index (χ0) is 37.4. The van der Waals surface area contributed by atoms with Gasteiger partial charge in [-0.15, -0.1) is 11.8 Å². The van der Waals surface area contributed by atoms with Crippen LogP contribution in [0.2, 0.25) is 0 Å². The molecule has 3 aromatic rings. The molecule has 0 spiro atoms. The van der Waals surface area contributed by atoms with Crippen molar-refractivity contribution in [3.63, 3.8) is 0 Å². The number of aryl methyl sites for hydroxylation is 1. The van der Waals surface area contributed by atoms with Gasteiger partial charge in [0.15, 0.2) is 13.2 Å². The standard InChI is InChI=1S/C39H43N5O8S/c1-6-40-31(45)20-52-43-30-17-28-26-15-21(2)7-14-29(26)41-33(28)25-13-12-24(16-27(25)30)50-19-32(46)42-34-36(47)44-35(39(3,4)53-37(34)44)38(48)51-18-22-8-10-23(49-5)11-9-22/h7-16,28,33-35,37,41H,6,17-20H2,1-5H3,(H,40,45)(H,42,46)/b43-30-. The lowest BCUT2D eigenvalue weighted by molar-refractivity contribution is -0.165. The molecule has 3 aliphatic heterocycles. The summed E-state index contributed by atoms with van der Waals surface area (Å²) in [5.41, 5.74) is 6.73. The molecule has 278 valence electrons. The second kappa shape index (κ2) is 14.6. The number of hydrogen-bond donors (Lipinski definition) is 3. The highest BCUT2D eigenvalue weighted by molar-refractivity contribution is 8.01. The Bertz CT molecular complexity index is 1970. The fraction of sp³-hybridized carbons (Fsp3) is 0.410. The highest BCUT2D eigenvalue weighted by Gasteiger charge is 2.64. The van der Waals surface area contributed by atoms with E-state index < -0.39 is 34.1 Å². The second-order valence-electron chi connectivity index (χ2n) is 14.1. The van der Waals surface area contributed by atoms with E-state index in [0.717, 1.165) is 22.4 Å². The van der Waals surface area contributed by atoms with Crippen LogP contribution < -0.4 is 25.4 Å². The molecule has 0 bridgehead atoms. The van der Waals surface area contributed by atoms with E-state index in [2.05, 4.69) is 46.2 Å². The van der Waals surface area contributed by atoms with Crippen molar-refractivity contribution in [3.05, 3.63) is 88.5 Å². The van der Waals surface area contributed by atoms with Crippen LogP contribution in [0.3, 0.4) is 0 Å². The van der Waals surface area contributed by atoms with Crippen molar-refractivity contribution in [1.82, 2.24) is 15.5 Å². The average molecular weight is 742 g/mol. The van der Waals surface area contributed by atoms with Crippen molar-refractivity contribution in [2.75, 3.05) is 32.2 Å². The summed E-state index contributed by atoms with van der Waals surface area (Å²) in [5.74, 6) is -0.301. The van der Waals surface area contributed by atoms with E-state index in [-0.39, 0.29) is 43.6 Å². The SMILES string of the molecule is CCNC(=O)CO/N=C1/CC2c3cc(C)ccc3NC2c2ccc(OCC(=O)NC3C(=O)N4C3SC(C)(C)C4C(=O)OCc3ccc(OC)cc3)cc21. The van der Waals surface area contributed by atoms with E-state index in [1.54, 1.807) is 19.2 Å². The summed E-state index contributed by atoms with van der Waals surface area (Å²) >= 11 is 1.46. The molecule has 0 aromatic heterocycles. The van der Waals surface area contributed by atoms with Gasteiger partial charge >= 0.3 is 5.97 Å². The smallest absolute Gasteiger partial charge is 0.330 e. The summed E-state index contributed by atoms with van der Waals surface area (Å²) in [6.45, 7) is 7.72. The van der Waals surface area contributed by atoms with Crippen LogP contribution in [0.5, 0.6) is 11.5 Å². The van der Waals surface area contributed by atoms with E-state index in [0.29, 0.717) is 30.2 Å². The van der Waals surface area contributed by atoms with E-state index >= 15 is 0 Å². The minimum absolute atomic E-state index is 0.00535. The Morgan fingerprint density at radius 2 is 1.77 bits per heavy atom. The molecule has 4 aliphatic rings. The first-order valence-electron chi connectivity index (χ1n) is 17.7. The van der Waals surface area contributed by atoms with Gasteiger partial charge < -0.3 is 39.9 Å². The van der Waals surface area contributed by atoms with Gasteiger partial charge in [-0.25, -0.2) is 4.79 Å². The number of likely N-dealkylation sites (N-methyl/N-ethyl adjacent to an activating group) is 1. The van der Waals surface area contributed by atoms with Gasteiger partial charge in [0.2, 0.25) is 5.91 Å². The number of hydrogen-bond acceptors (Lipinski definition) is 11. The number of thioether (sulfide) groups is 1. The molecular formula is C39H43N5O8S. The quantitative estimate of drug-likeness (QED) is 0.140. The van der Waals surface area contributed by atoms with Gasteiger partial charge in [0.05, 0.1) is 18.9 Å². The lowest BCUT2D eigenvalue weighted by Crippen LogP contribution is -2.71. The number of fused-ring (bicyclic) bond motifs is 6. The van der Waals surface area contributed by atoms with Crippen molar-refractivity contribution in [3.8, 4) is 11.5 Å². The summed E-state index contributed by atoms with van der Waals surface area (Å²) in [6, 6.07) is 17.6. The molecule has 2 saturated heterocycles. The number of anilines is 1. The van der Waals surface area contributed by atoms with E-state index in [9.17, 15) is 19.2 Å². The first-order valence-corrected chi connectivity index (χ1v) is 18.5. The van der Waals surface area contributed by atoms with Crippen molar-refractivity contribution in [2.24, 2.45) is 5.16 Å². The highest BCUT2D eigenvalue weighted by atomic mass is 32.2. The fourth-order valence-corrected chi connectivity index (χ4v) is 9.12. The Hall–Kier alpha value is -5.24. The van der Waals surface area contributed by atoms with Gasteiger partial charge in [-0.2, -0.15) is 0 Å². The van der Waals surface area contributed by atoms with Crippen LogP contribution in [0.1, 0.15) is 67.0 Å². The molecule has 5 unspecified atom stereocenters. The molecule has 3 N–H and O–H groups in total. The Labute approximate surface area is 312 Å². The van der Waals surface area contributed by atoms with Gasteiger partial charge in [0.25, 0.3) is 11.8 Å². The summed E-state index contributed by atoms with van der Waals surface area (Å²) in [4.78, 5) is 58.8. The number of methoxy groups -OCH3 is 1. The van der Waals surface area contributed by atoms with Crippen LogP contribution in [-0.4, -0.2) is 83.4 Å². The van der Waals surface area contributed by atoms with Gasteiger partial charge in [0.1, 0.15) is 35.6 Å². The number of benzene rings is 3. The maximum absolute atomic E-state index is 13.3. The van der Waals surface area contributed by atoms with Gasteiger partial charge in [-0.3, -0.25) is 14.4 Å². The lowest BCUT2D eigenvalue weighted by Gasteiger charge is -2.43. The largest absolute Gasteiger partial charge is 0.497 e. The molecule has 3 amide bonds. The van der Waals surface area contributed by atoms with Gasteiger partial charge in [0, 0.05) is 34.9 Å². The van der Waals surface area contributed by atoms with Crippen LogP contribution in [0.15, 0.2) is 65.8 Å². The van der Waals surface area contributed by atoms with Crippen molar-refractivity contribution < 1.29 is 38.2 Å². The van der Waals surface area contributed by atoms with Crippen LogP contribution >= 0.6 is 11.8 Å². The number of carbonyl (C=O) groups is 4. The fourth-order valence-electron chi connectivity index (χ4n) is 7.50. The number of β-lactam (4-membered cyclic amide) rings is 1. The number of rotatable bonds is 12. The Balaban J connectivity index is 0.991. The molecule has 5 atom stereocenters. The van der Waals surface area contributed by atoms with Crippen LogP contribution in [-0.2, 0) is 35.4 Å². The van der Waals surface area contributed by atoms with E-state index in [4.69, 9.17) is 19.0 Å². The zero-order valence-corrected chi connectivity index (χ0v) is 31.1. The maximum atomic E-state index is 13.3. The molecule has 13 nitrogen and oxygen atoms in total. The van der Waals surface area contributed by atoms with Crippen molar-refractivity contribution in [2.45, 2.75) is 74.9 Å². The molecule has 3 heterocycles. The summed E-state index contributed by atoms with van der Waals surface area (Å²) < 4.78 is 16.1. The lowest BCUT2D eigenvalue weighted by atomic mass is 9.77. The predicted octanol–water partition coefficient (Wildman–Crippen LogP) is 4.18. The van der Waals surface area contributed by atoms with Gasteiger partial charge in [-0.05, 0) is 74.7 Å². The third-order valence-corrected chi connectivity index (χ3v) is 11.6. The topological polar surface area (TPSA) is 157 Å². The minimum atomic E-state index is -0.797. The molecule has 53 heavy (non-hydrogen) atoms. The first-order chi connectivity index (χ1) is 25.5.